The van der Waals surface area contributed by atoms with Crippen LogP contribution in [0.4, 0.5) is 0 Å². The van der Waals surface area contributed by atoms with Crippen molar-refractivity contribution in [2.24, 2.45) is 5.73 Å². The summed E-state index contributed by atoms with van der Waals surface area (Å²) in [5.41, 5.74) is 7.15. The first kappa shape index (κ1) is 11.8. The summed E-state index contributed by atoms with van der Waals surface area (Å²) in [4.78, 5) is 5.87. The minimum absolute atomic E-state index is 0.253. The molecule has 0 aliphatic heterocycles. The first-order chi connectivity index (χ1) is 7.79. The highest BCUT2D eigenvalue weighted by Crippen LogP contribution is 2.28. The van der Waals surface area contributed by atoms with Crippen molar-refractivity contribution in [3.63, 3.8) is 0 Å². The predicted molar refractivity (Wildman–Crippen MR) is 72.0 cm³/mol. The van der Waals surface area contributed by atoms with Crippen molar-refractivity contribution in [3.8, 4) is 9.88 Å². The normalized spacial score (nSPS) is 12.9. The van der Waals surface area contributed by atoms with Crippen molar-refractivity contribution >= 4 is 22.7 Å². The van der Waals surface area contributed by atoms with E-state index in [9.17, 15) is 0 Å². The van der Waals surface area contributed by atoms with Crippen molar-refractivity contribution in [1.29, 1.82) is 0 Å². The van der Waals surface area contributed by atoms with Gasteiger partial charge in [-0.05, 0) is 17.9 Å². The van der Waals surface area contributed by atoms with E-state index in [1.165, 1.54) is 4.88 Å². The summed E-state index contributed by atoms with van der Waals surface area (Å²) in [5.74, 6) is 0. The summed E-state index contributed by atoms with van der Waals surface area (Å²) in [6.45, 7) is 2.16. The second-order valence-corrected chi connectivity index (χ2v) is 5.68. The summed E-state index contributed by atoms with van der Waals surface area (Å²) in [7, 11) is 0. The molecule has 1 atom stereocenters. The fourth-order valence-electron chi connectivity index (χ4n) is 1.66. The van der Waals surface area contributed by atoms with Gasteiger partial charge in [0.05, 0.1) is 10.6 Å². The highest BCUT2D eigenvalue weighted by Gasteiger charge is 2.08. The van der Waals surface area contributed by atoms with Gasteiger partial charge < -0.3 is 5.73 Å². The molecule has 0 saturated heterocycles. The van der Waals surface area contributed by atoms with E-state index in [1.54, 1.807) is 22.7 Å². The zero-order valence-corrected chi connectivity index (χ0v) is 11.0. The smallest absolute Gasteiger partial charge is 0.133 e. The Bertz CT molecular complexity index is 420. The highest BCUT2D eigenvalue weighted by molar-refractivity contribution is 7.20. The molecule has 0 amide bonds. The van der Waals surface area contributed by atoms with E-state index in [4.69, 9.17) is 5.73 Å². The number of thiophene rings is 1. The minimum atomic E-state index is 0.253. The second-order valence-electron chi connectivity index (χ2n) is 3.87. The molecule has 0 aliphatic carbocycles. The Morgan fingerprint density at radius 3 is 3.00 bits per heavy atom. The first-order valence-electron chi connectivity index (χ1n) is 5.53. The summed E-state index contributed by atoms with van der Waals surface area (Å²) in [6, 6.07) is 4.42. The van der Waals surface area contributed by atoms with Crippen molar-refractivity contribution in [1.82, 2.24) is 4.98 Å². The Labute approximate surface area is 104 Å². The number of nitrogens with zero attached hydrogens (tertiary/aromatic N) is 1. The Balaban J connectivity index is 2.03. The van der Waals surface area contributed by atoms with Gasteiger partial charge in [-0.15, -0.1) is 22.7 Å². The maximum atomic E-state index is 6.01. The Hall–Kier alpha value is -0.710. The molecule has 0 bridgehead atoms. The summed E-state index contributed by atoms with van der Waals surface area (Å²) >= 11 is 3.45. The number of hydrogen-bond acceptors (Lipinski definition) is 4. The molecular formula is C12H16N2S2. The van der Waals surface area contributed by atoms with Crippen molar-refractivity contribution < 1.29 is 0 Å². The predicted octanol–water partition coefficient (Wildman–Crippen LogP) is 3.54. The molecule has 2 aromatic rings. The Morgan fingerprint density at radius 2 is 2.31 bits per heavy atom. The summed E-state index contributed by atoms with van der Waals surface area (Å²) in [5, 5.41) is 5.33. The van der Waals surface area contributed by atoms with E-state index in [2.05, 4.69) is 34.8 Å². The van der Waals surface area contributed by atoms with Crippen LogP contribution in [-0.2, 0) is 6.42 Å². The second kappa shape index (κ2) is 5.57. The Morgan fingerprint density at radius 1 is 1.44 bits per heavy atom. The maximum Gasteiger partial charge on any atom is 0.133 e. The molecule has 86 valence electrons. The lowest BCUT2D eigenvalue weighted by Gasteiger charge is -2.06. The number of thiazole rings is 1. The van der Waals surface area contributed by atoms with Gasteiger partial charge in [0.2, 0.25) is 0 Å². The molecule has 0 aliphatic rings. The molecule has 0 radical (unpaired) electrons. The van der Waals surface area contributed by atoms with Crippen molar-refractivity contribution in [3.05, 3.63) is 28.6 Å². The van der Waals surface area contributed by atoms with Crippen LogP contribution in [0.15, 0.2) is 22.9 Å². The molecule has 1 unspecified atom stereocenters. The van der Waals surface area contributed by atoms with Gasteiger partial charge in [-0.25, -0.2) is 4.98 Å². The fraction of sp³-hybridized carbons (Fsp3) is 0.417. The monoisotopic (exact) mass is 252 g/mol. The molecule has 2 nitrogen and oxygen atoms in total. The van der Waals surface area contributed by atoms with Crippen molar-refractivity contribution in [2.75, 3.05) is 0 Å². The third kappa shape index (κ3) is 2.90. The standard InChI is InChI=1S/C12H16N2S2/c1-2-4-9(13)7-10-8-16-12(14-10)11-5-3-6-15-11/h3,5-6,8-9H,2,4,7,13H2,1H3. The van der Waals surface area contributed by atoms with Crippen molar-refractivity contribution in [2.45, 2.75) is 32.2 Å². The number of hydrogen-bond donors (Lipinski definition) is 1. The summed E-state index contributed by atoms with van der Waals surface area (Å²) in [6.07, 6.45) is 3.12. The molecule has 16 heavy (non-hydrogen) atoms. The van der Waals surface area contributed by atoms with Crippen LogP contribution in [0.5, 0.6) is 0 Å². The lowest BCUT2D eigenvalue weighted by molar-refractivity contribution is 0.595. The Kier molecular flexibility index (Phi) is 4.09. The average molecular weight is 252 g/mol. The molecule has 0 spiro atoms. The third-order valence-corrected chi connectivity index (χ3v) is 4.34. The highest BCUT2D eigenvalue weighted by atomic mass is 32.1. The average Bonchev–Trinajstić information content (AvgIpc) is 2.86. The van der Waals surface area contributed by atoms with Crippen LogP contribution in [-0.4, -0.2) is 11.0 Å². The zero-order chi connectivity index (χ0) is 11.4. The molecule has 2 heterocycles. The molecule has 2 rings (SSSR count). The lowest BCUT2D eigenvalue weighted by Crippen LogP contribution is -2.22. The topological polar surface area (TPSA) is 38.9 Å². The van der Waals surface area contributed by atoms with E-state index < -0.39 is 0 Å². The van der Waals surface area contributed by atoms with Crippen LogP contribution in [0.1, 0.15) is 25.5 Å². The third-order valence-electron chi connectivity index (χ3n) is 2.41. The zero-order valence-electron chi connectivity index (χ0n) is 9.35. The van der Waals surface area contributed by atoms with Gasteiger partial charge in [-0.3, -0.25) is 0 Å². The van der Waals surface area contributed by atoms with Gasteiger partial charge in [0.1, 0.15) is 5.01 Å². The van der Waals surface area contributed by atoms with Gasteiger partial charge in [-0.2, -0.15) is 0 Å². The van der Waals surface area contributed by atoms with Gasteiger partial charge >= 0.3 is 0 Å². The van der Waals surface area contributed by atoms with E-state index >= 15 is 0 Å². The molecule has 0 fully saturated rings. The van der Waals surface area contributed by atoms with E-state index in [-0.39, 0.29) is 6.04 Å². The number of nitrogens with two attached hydrogens (primary N) is 1. The van der Waals surface area contributed by atoms with Crippen LogP contribution >= 0.6 is 22.7 Å². The van der Waals surface area contributed by atoms with E-state index in [1.807, 2.05) is 0 Å². The molecule has 0 aromatic carbocycles. The molecule has 2 aromatic heterocycles. The van der Waals surface area contributed by atoms with Crippen LogP contribution in [0.2, 0.25) is 0 Å². The van der Waals surface area contributed by atoms with Crippen LogP contribution in [0.3, 0.4) is 0 Å². The van der Waals surface area contributed by atoms with Gasteiger partial charge in [0.15, 0.2) is 0 Å². The molecular weight excluding hydrogens is 236 g/mol. The fourth-order valence-corrected chi connectivity index (χ4v) is 3.30. The van der Waals surface area contributed by atoms with Gasteiger partial charge in [0.25, 0.3) is 0 Å². The van der Waals surface area contributed by atoms with Crippen LogP contribution < -0.4 is 5.73 Å². The largest absolute Gasteiger partial charge is 0.327 e. The van der Waals surface area contributed by atoms with Gasteiger partial charge in [0, 0.05) is 17.8 Å². The summed E-state index contributed by atoms with van der Waals surface area (Å²) < 4.78 is 0. The van der Waals surface area contributed by atoms with Gasteiger partial charge in [-0.1, -0.05) is 19.4 Å². The lowest BCUT2D eigenvalue weighted by atomic mass is 10.1. The molecule has 4 heteroatoms. The van der Waals surface area contributed by atoms with Crippen LogP contribution in [0, 0.1) is 0 Å². The van der Waals surface area contributed by atoms with E-state index in [0.29, 0.717) is 0 Å². The minimum Gasteiger partial charge on any atom is -0.327 e. The molecule has 2 N–H and O–H groups in total. The first-order valence-corrected chi connectivity index (χ1v) is 7.29. The molecule has 0 saturated carbocycles. The number of aromatic nitrogens is 1. The van der Waals surface area contributed by atoms with E-state index in [0.717, 1.165) is 30.0 Å². The van der Waals surface area contributed by atoms with Crippen LogP contribution in [0.25, 0.3) is 9.88 Å². The SMILES string of the molecule is CCCC(N)Cc1csc(-c2cccs2)n1. The quantitative estimate of drug-likeness (QED) is 0.884. The number of rotatable bonds is 5. The maximum absolute atomic E-state index is 6.01.